The van der Waals surface area contributed by atoms with Gasteiger partial charge in [-0.15, -0.1) is 0 Å². The zero-order valence-corrected chi connectivity index (χ0v) is 13.4. The van der Waals surface area contributed by atoms with E-state index in [9.17, 15) is 4.79 Å². The van der Waals surface area contributed by atoms with E-state index in [0.29, 0.717) is 17.4 Å². The standard InChI is InChI=1S/C16H15ClN6O/c17-12-4-2-11(3-5-12)14(23-7-1-6-22-23)9-21-15-10-19-13(8-20-15)16(18)24/h1-8,10,14H,9H2,(H2,18,24)(H,20,21)/t14-/m0/s1. The van der Waals surface area contributed by atoms with Gasteiger partial charge >= 0.3 is 0 Å². The maximum absolute atomic E-state index is 11.0. The first-order chi connectivity index (χ1) is 11.6. The Morgan fingerprint density at radius 1 is 1.25 bits per heavy atom. The second kappa shape index (κ2) is 7.10. The summed E-state index contributed by atoms with van der Waals surface area (Å²) in [4.78, 5) is 19.1. The molecule has 0 unspecified atom stereocenters. The first-order valence-electron chi connectivity index (χ1n) is 7.24. The molecule has 1 aromatic carbocycles. The minimum absolute atomic E-state index is 0.0464. The Morgan fingerprint density at radius 2 is 2.04 bits per heavy atom. The number of anilines is 1. The van der Waals surface area contributed by atoms with Crippen LogP contribution < -0.4 is 11.1 Å². The Bertz CT molecular complexity index is 802. The van der Waals surface area contributed by atoms with E-state index in [1.165, 1.54) is 12.4 Å². The highest BCUT2D eigenvalue weighted by atomic mass is 35.5. The van der Waals surface area contributed by atoms with Crippen molar-refractivity contribution in [2.45, 2.75) is 6.04 Å². The average Bonchev–Trinajstić information content (AvgIpc) is 3.11. The average molecular weight is 343 g/mol. The molecule has 24 heavy (non-hydrogen) atoms. The SMILES string of the molecule is NC(=O)c1cnc(NC[C@@H](c2ccc(Cl)cc2)n2cccn2)cn1. The number of carbonyl (C=O) groups excluding carboxylic acids is 1. The summed E-state index contributed by atoms with van der Waals surface area (Å²) in [6.45, 7) is 0.536. The van der Waals surface area contributed by atoms with E-state index in [1.54, 1.807) is 6.20 Å². The molecule has 0 bridgehead atoms. The number of primary amides is 1. The first kappa shape index (κ1) is 15.9. The second-order valence-corrected chi connectivity index (χ2v) is 5.52. The van der Waals surface area contributed by atoms with Gasteiger partial charge in [-0.1, -0.05) is 23.7 Å². The molecule has 1 amide bonds. The molecular weight excluding hydrogens is 328 g/mol. The Hall–Kier alpha value is -2.93. The third-order valence-corrected chi connectivity index (χ3v) is 3.73. The van der Waals surface area contributed by atoms with Crippen molar-refractivity contribution in [3.63, 3.8) is 0 Å². The fourth-order valence-electron chi connectivity index (χ4n) is 2.26. The molecule has 122 valence electrons. The maximum atomic E-state index is 11.0. The summed E-state index contributed by atoms with van der Waals surface area (Å²) in [5.74, 6) is -0.0595. The molecule has 0 spiro atoms. The number of amides is 1. The van der Waals surface area contributed by atoms with Crippen LogP contribution in [0, 0.1) is 0 Å². The summed E-state index contributed by atoms with van der Waals surface area (Å²) in [7, 11) is 0. The lowest BCUT2D eigenvalue weighted by Gasteiger charge is -2.19. The second-order valence-electron chi connectivity index (χ2n) is 5.09. The fourth-order valence-corrected chi connectivity index (χ4v) is 2.39. The molecule has 0 radical (unpaired) electrons. The van der Waals surface area contributed by atoms with E-state index in [2.05, 4.69) is 20.4 Å². The quantitative estimate of drug-likeness (QED) is 0.715. The monoisotopic (exact) mass is 342 g/mol. The minimum atomic E-state index is -0.607. The minimum Gasteiger partial charge on any atom is -0.366 e. The predicted molar refractivity (Wildman–Crippen MR) is 90.9 cm³/mol. The molecule has 0 fully saturated rings. The zero-order chi connectivity index (χ0) is 16.9. The van der Waals surface area contributed by atoms with E-state index in [0.717, 1.165) is 5.56 Å². The van der Waals surface area contributed by atoms with Crippen LogP contribution in [0.3, 0.4) is 0 Å². The molecule has 3 aromatic rings. The lowest BCUT2D eigenvalue weighted by molar-refractivity contribution is 0.0995. The van der Waals surface area contributed by atoms with Gasteiger partial charge in [-0.05, 0) is 23.8 Å². The number of hydrogen-bond acceptors (Lipinski definition) is 5. The summed E-state index contributed by atoms with van der Waals surface area (Å²) in [6, 6.07) is 9.42. The van der Waals surface area contributed by atoms with E-state index in [-0.39, 0.29) is 11.7 Å². The molecule has 0 saturated carbocycles. The Labute approximate surface area is 143 Å². The molecule has 7 nitrogen and oxygen atoms in total. The van der Waals surface area contributed by atoms with Crippen LogP contribution in [-0.2, 0) is 0 Å². The molecular formula is C16H15ClN6O. The van der Waals surface area contributed by atoms with E-state index in [4.69, 9.17) is 17.3 Å². The highest BCUT2D eigenvalue weighted by molar-refractivity contribution is 6.30. The van der Waals surface area contributed by atoms with Crippen molar-refractivity contribution in [1.29, 1.82) is 0 Å². The number of carbonyl (C=O) groups is 1. The van der Waals surface area contributed by atoms with Gasteiger partial charge in [-0.2, -0.15) is 5.10 Å². The Morgan fingerprint density at radius 3 is 2.62 bits per heavy atom. The van der Waals surface area contributed by atoms with Crippen LogP contribution in [0.4, 0.5) is 5.82 Å². The van der Waals surface area contributed by atoms with Crippen molar-refractivity contribution >= 4 is 23.3 Å². The summed E-state index contributed by atoms with van der Waals surface area (Å²) >= 11 is 5.96. The van der Waals surface area contributed by atoms with Gasteiger partial charge in [0.15, 0.2) is 0 Å². The van der Waals surface area contributed by atoms with Crippen molar-refractivity contribution < 1.29 is 4.79 Å². The smallest absolute Gasteiger partial charge is 0.268 e. The normalized spacial score (nSPS) is 11.9. The molecule has 3 rings (SSSR count). The van der Waals surface area contributed by atoms with Crippen LogP contribution in [0.1, 0.15) is 22.1 Å². The van der Waals surface area contributed by atoms with E-state index >= 15 is 0 Å². The van der Waals surface area contributed by atoms with Crippen LogP contribution in [0.25, 0.3) is 0 Å². The highest BCUT2D eigenvalue weighted by Gasteiger charge is 2.14. The van der Waals surface area contributed by atoms with Gasteiger partial charge in [0.2, 0.25) is 0 Å². The third kappa shape index (κ3) is 3.69. The Kier molecular flexibility index (Phi) is 4.72. The zero-order valence-electron chi connectivity index (χ0n) is 12.6. The van der Waals surface area contributed by atoms with Crippen molar-refractivity contribution in [2.75, 3.05) is 11.9 Å². The maximum Gasteiger partial charge on any atom is 0.268 e. The number of nitrogens with one attached hydrogen (secondary N) is 1. The van der Waals surface area contributed by atoms with Gasteiger partial charge in [-0.3, -0.25) is 9.48 Å². The number of rotatable bonds is 6. The molecule has 0 aliphatic heterocycles. The number of aromatic nitrogens is 4. The molecule has 8 heteroatoms. The van der Waals surface area contributed by atoms with Gasteiger partial charge in [-0.25, -0.2) is 9.97 Å². The van der Waals surface area contributed by atoms with Crippen molar-refractivity contribution in [3.05, 3.63) is 71.4 Å². The molecule has 0 aliphatic carbocycles. The van der Waals surface area contributed by atoms with E-state index in [1.807, 2.05) is 41.2 Å². The van der Waals surface area contributed by atoms with Crippen LogP contribution in [-0.4, -0.2) is 32.2 Å². The summed E-state index contributed by atoms with van der Waals surface area (Å²) in [6.07, 6.45) is 6.44. The third-order valence-electron chi connectivity index (χ3n) is 3.48. The van der Waals surface area contributed by atoms with Crippen molar-refractivity contribution in [1.82, 2.24) is 19.7 Å². The van der Waals surface area contributed by atoms with Crippen molar-refractivity contribution in [2.24, 2.45) is 5.73 Å². The van der Waals surface area contributed by atoms with Gasteiger partial charge in [0, 0.05) is 24.0 Å². The van der Waals surface area contributed by atoms with Crippen LogP contribution in [0.15, 0.2) is 55.1 Å². The fraction of sp³-hybridized carbons (Fsp3) is 0.125. The summed E-state index contributed by atoms with van der Waals surface area (Å²) in [5, 5.41) is 8.18. The molecule has 0 saturated heterocycles. The molecule has 2 aromatic heterocycles. The topological polar surface area (TPSA) is 98.7 Å². The van der Waals surface area contributed by atoms with Crippen LogP contribution in [0.2, 0.25) is 5.02 Å². The predicted octanol–water partition coefficient (Wildman–Crippen LogP) is 2.13. The largest absolute Gasteiger partial charge is 0.366 e. The lowest BCUT2D eigenvalue weighted by Crippen LogP contribution is -2.21. The van der Waals surface area contributed by atoms with Gasteiger partial charge in [0.25, 0.3) is 5.91 Å². The molecule has 2 heterocycles. The molecule has 1 atom stereocenters. The van der Waals surface area contributed by atoms with Crippen LogP contribution in [0.5, 0.6) is 0 Å². The number of nitrogens with two attached hydrogens (primary N) is 1. The Balaban J connectivity index is 1.77. The van der Waals surface area contributed by atoms with Gasteiger partial charge < -0.3 is 11.1 Å². The number of benzene rings is 1. The molecule has 3 N–H and O–H groups in total. The summed E-state index contributed by atoms with van der Waals surface area (Å²) in [5.41, 5.74) is 6.33. The van der Waals surface area contributed by atoms with Gasteiger partial charge in [0.05, 0.1) is 18.4 Å². The summed E-state index contributed by atoms with van der Waals surface area (Å²) < 4.78 is 1.85. The molecule has 0 aliphatic rings. The van der Waals surface area contributed by atoms with Crippen molar-refractivity contribution in [3.8, 4) is 0 Å². The highest BCUT2D eigenvalue weighted by Crippen LogP contribution is 2.20. The number of hydrogen-bond donors (Lipinski definition) is 2. The first-order valence-corrected chi connectivity index (χ1v) is 7.61. The van der Waals surface area contributed by atoms with Gasteiger partial charge in [0.1, 0.15) is 11.5 Å². The lowest BCUT2D eigenvalue weighted by atomic mass is 10.1. The van der Waals surface area contributed by atoms with Crippen LogP contribution >= 0.6 is 11.6 Å². The number of nitrogens with zero attached hydrogens (tertiary/aromatic N) is 4. The number of halogens is 1. The van der Waals surface area contributed by atoms with E-state index < -0.39 is 5.91 Å².